The van der Waals surface area contributed by atoms with Crippen molar-refractivity contribution in [3.63, 3.8) is 0 Å². The van der Waals surface area contributed by atoms with Crippen molar-refractivity contribution in [2.45, 2.75) is 32.1 Å². The highest BCUT2D eigenvalue weighted by molar-refractivity contribution is 6.34. The van der Waals surface area contributed by atoms with Gasteiger partial charge in [0.15, 0.2) is 0 Å². The standard InChI is InChI=1S/C9H10Cl2N2/c1-2-6-7(10)12-9(5-3-4-5)13-8(6)11/h5H,2-4H2,1H3. The summed E-state index contributed by atoms with van der Waals surface area (Å²) in [5.41, 5.74) is 0.854. The van der Waals surface area contributed by atoms with E-state index in [0.29, 0.717) is 16.2 Å². The zero-order chi connectivity index (χ0) is 9.42. The molecule has 0 aliphatic heterocycles. The molecular formula is C9H10Cl2N2. The first-order valence-electron chi connectivity index (χ1n) is 4.44. The predicted octanol–water partition coefficient (Wildman–Crippen LogP) is 3.22. The molecule has 1 fully saturated rings. The molecule has 1 aromatic rings. The van der Waals surface area contributed by atoms with Crippen LogP contribution in [0, 0.1) is 0 Å². The summed E-state index contributed by atoms with van der Waals surface area (Å²) in [5.74, 6) is 1.31. The van der Waals surface area contributed by atoms with E-state index in [-0.39, 0.29) is 0 Å². The average Bonchev–Trinajstić information content (AvgIpc) is 2.85. The summed E-state index contributed by atoms with van der Waals surface area (Å²) in [7, 11) is 0. The van der Waals surface area contributed by atoms with Gasteiger partial charge in [-0.1, -0.05) is 30.1 Å². The number of halogens is 2. The summed E-state index contributed by atoms with van der Waals surface area (Å²) in [5, 5.41) is 1.04. The molecular weight excluding hydrogens is 207 g/mol. The Hall–Kier alpha value is -0.340. The van der Waals surface area contributed by atoms with E-state index < -0.39 is 0 Å². The largest absolute Gasteiger partial charge is 0.221 e. The second-order valence-corrected chi connectivity index (χ2v) is 3.99. The second kappa shape index (κ2) is 3.43. The molecule has 1 heterocycles. The third-order valence-electron chi connectivity index (χ3n) is 2.22. The van der Waals surface area contributed by atoms with Crippen LogP contribution in [0.4, 0.5) is 0 Å². The smallest absolute Gasteiger partial charge is 0.137 e. The Labute approximate surface area is 87.3 Å². The lowest BCUT2D eigenvalue weighted by molar-refractivity contribution is 0.904. The van der Waals surface area contributed by atoms with Gasteiger partial charge in [0.2, 0.25) is 0 Å². The number of aromatic nitrogens is 2. The van der Waals surface area contributed by atoms with Crippen LogP contribution in [0.5, 0.6) is 0 Å². The van der Waals surface area contributed by atoms with E-state index in [4.69, 9.17) is 23.2 Å². The first-order chi connectivity index (χ1) is 6.22. The minimum atomic E-state index is 0.501. The Morgan fingerprint density at radius 1 is 1.23 bits per heavy atom. The van der Waals surface area contributed by atoms with Crippen LogP contribution in [-0.4, -0.2) is 9.97 Å². The molecule has 2 rings (SSSR count). The summed E-state index contributed by atoms with van der Waals surface area (Å²) >= 11 is 11.9. The fraction of sp³-hybridized carbons (Fsp3) is 0.556. The molecule has 0 amide bonds. The van der Waals surface area contributed by atoms with Crippen molar-refractivity contribution < 1.29 is 0 Å². The van der Waals surface area contributed by atoms with E-state index in [0.717, 1.165) is 30.7 Å². The van der Waals surface area contributed by atoms with Crippen LogP contribution in [0.2, 0.25) is 10.3 Å². The van der Waals surface area contributed by atoms with Gasteiger partial charge in [0.05, 0.1) is 0 Å². The molecule has 0 atom stereocenters. The maximum Gasteiger partial charge on any atom is 0.137 e. The van der Waals surface area contributed by atoms with E-state index in [9.17, 15) is 0 Å². The molecule has 4 heteroatoms. The van der Waals surface area contributed by atoms with E-state index in [1.807, 2.05) is 6.92 Å². The molecule has 1 aliphatic carbocycles. The summed E-state index contributed by atoms with van der Waals surface area (Å²) in [4.78, 5) is 8.47. The quantitative estimate of drug-likeness (QED) is 0.710. The summed E-state index contributed by atoms with van der Waals surface area (Å²) < 4.78 is 0. The fourth-order valence-electron chi connectivity index (χ4n) is 1.26. The number of hydrogen-bond acceptors (Lipinski definition) is 2. The first kappa shape index (κ1) is 9.22. The van der Waals surface area contributed by atoms with Crippen molar-refractivity contribution in [2.75, 3.05) is 0 Å². The number of rotatable bonds is 2. The summed E-state index contributed by atoms with van der Waals surface area (Å²) in [6, 6.07) is 0. The van der Waals surface area contributed by atoms with Gasteiger partial charge in [-0.3, -0.25) is 0 Å². The highest BCUT2D eigenvalue weighted by Crippen LogP contribution is 2.39. The Balaban J connectivity index is 2.42. The van der Waals surface area contributed by atoms with Crippen LogP contribution < -0.4 is 0 Å². The molecule has 0 saturated heterocycles. The van der Waals surface area contributed by atoms with Gasteiger partial charge >= 0.3 is 0 Å². The molecule has 1 aromatic heterocycles. The van der Waals surface area contributed by atoms with Crippen LogP contribution in [-0.2, 0) is 6.42 Å². The molecule has 0 aromatic carbocycles. The molecule has 0 spiro atoms. The van der Waals surface area contributed by atoms with Crippen molar-refractivity contribution in [1.29, 1.82) is 0 Å². The topological polar surface area (TPSA) is 25.8 Å². The minimum absolute atomic E-state index is 0.501. The predicted molar refractivity (Wildman–Crippen MR) is 53.4 cm³/mol. The molecule has 0 radical (unpaired) electrons. The van der Waals surface area contributed by atoms with E-state index in [2.05, 4.69) is 9.97 Å². The Kier molecular flexibility index (Phi) is 2.43. The molecule has 70 valence electrons. The SMILES string of the molecule is CCc1c(Cl)nc(C2CC2)nc1Cl. The van der Waals surface area contributed by atoms with Gasteiger partial charge in [0.25, 0.3) is 0 Å². The van der Waals surface area contributed by atoms with Crippen molar-refractivity contribution in [3.8, 4) is 0 Å². The first-order valence-corrected chi connectivity index (χ1v) is 5.19. The molecule has 2 nitrogen and oxygen atoms in total. The van der Waals surface area contributed by atoms with Crippen LogP contribution in [0.1, 0.15) is 37.1 Å². The number of nitrogens with zero attached hydrogens (tertiary/aromatic N) is 2. The summed E-state index contributed by atoms with van der Waals surface area (Å²) in [6.45, 7) is 1.99. The van der Waals surface area contributed by atoms with E-state index in [1.165, 1.54) is 0 Å². The van der Waals surface area contributed by atoms with Gasteiger partial charge in [-0.05, 0) is 19.3 Å². The molecule has 1 saturated carbocycles. The molecule has 13 heavy (non-hydrogen) atoms. The summed E-state index contributed by atoms with van der Waals surface area (Å²) in [6.07, 6.45) is 3.11. The zero-order valence-corrected chi connectivity index (χ0v) is 8.86. The third kappa shape index (κ3) is 1.79. The van der Waals surface area contributed by atoms with Gasteiger partial charge in [0, 0.05) is 11.5 Å². The fourth-order valence-corrected chi connectivity index (χ4v) is 1.93. The van der Waals surface area contributed by atoms with Gasteiger partial charge in [-0.15, -0.1) is 0 Å². The normalized spacial score (nSPS) is 16.2. The lowest BCUT2D eigenvalue weighted by Gasteiger charge is -2.04. The molecule has 0 bridgehead atoms. The van der Waals surface area contributed by atoms with Gasteiger partial charge in [-0.25, -0.2) is 9.97 Å². The van der Waals surface area contributed by atoms with Crippen molar-refractivity contribution in [1.82, 2.24) is 9.97 Å². The second-order valence-electron chi connectivity index (χ2n) is 3.27. The molecule has 0 N–H and O–H groups in total. The number of hydrogen-bond donors (Lipinski definition) is 0. The van der Waals surface area contributed by atoms with Crippen LogP contribution in [0.15, 0.2) is 0 Å². The van der Waals surface area contributed by atoms with Crippen molar-refractivity contribution in [3.05, 3.63) is 21.7 Å². The van der Waals surface area contributed by atoms with Crippen molar-refractivity contribution in [2.24, 2.45) is 0 Å². The Bertz CT molecular complexity index is 311. The highest BCUT2D eigenvalue weighted by Gasteiger charge is 2.27. The maximum atomic E-state index is 5.97. The average molecular weight is 217 g/mol. The Morgan fingerprint density at radius 2 is 1.77 bits per heavy atom. The lowest BCUT2D eigenvalue weighted by atomic mass is 10.2. The van der Waals surface area contributed by atoms with Gasteiger partial charge in [0.1, 0.15) is 16.1 Å². The lowest BCUT2D eigenvalue weighted by Crippen LogP contribution is -1.98. The Morgan fingerprint density at radius 3 is 2.15 bits per heavy atom. The molecule has 0 unspecified atom stereocenters. The van der Waals surface area contributed by atoms with E-state index >= 15 is 0 Å². The van der Waals surface area contributed by atoms with Crippen molar-refractivity contribution >= 4 is 23.2 Å². The van der Waals surface area contributed by atoms with Gasteiger partial charge < -0.3 is 0 Å². The third-order valence-corrected chi connectivity index (χ3v) is 2.84. The maximum absolute atomic E-state index is 5.97. The van der Waals surface area contributed by atoms with E-state index in [1.54, 1.807) is 0 Å². The monoisotopic (exact) mass is 216 g/mol. The van der Waals surface area contributed by atoms with Crippen LogP contribution >= 0.6 is 23.2 Å². The highest BCUT2D eigenvalue weighted by atomic mass is 35.5. The zero-order valence-electron chi connectivity index (χ0n) is 7.35. The van der Waals surface area contributed by atoms with Crippen LogP contribution in [0.25, 0.3) is 0 Å². The van der Waals surface area contributed by atoms with Crippen LogP contribution in [0.3, 0.4) is 0 Å². The minimum Gasteiger partial charge on any atom is -0.221 e. The molecule has 1 aliphatic rings. The van der Waals surface area contributed by atoms with Gasteiger partial charge in [-0.2, -0.15) is 0 Å².